The molecule has 6 nitrogen and oxygen atoms in total. The molecule has 0 aliphatic heterocycles. The second-order valence-electron chi connectivity index (χ2n) is 5.22. The second kappa shape index (κ2) is 8.31. The van der Waals surface area contributed by atoms with Crippen molar-refractivity contribution in [2.75, 3.05) is 6.26 Å². The van der Waals surface area contributed by atoms with Gasteiger partial charge in [-0.25, -0.2) is 4.98 Å². The number of nitrogens with one attached hydrogen (secondary N) is 2. The molecule has 0 aliphatic rings. The van der Waals surface area contributed by atoms with Gasteiger partial charge in [-0.05, 0) is 37.3 Å². The summed E-state index contributed by atoms with van der Waals surface area (Å²) in [5.74, 6) is -0.132. The smallest absolute Gasteiger partial charge is 0.254 e. The van der Waals surface area contributed by atoms with Crippen LogP contribution in [-0.4, -0.2) is 22.1 Å². The first-order valence-electron chi connectivity index (χ1n) is 7.43. The van der Waals surface area contributed by atoms with Crippen molar-refractivity contribution in [1.29, 1.82) is 5.26 Å². The Morgan fingerprint density at radius 2 is 2.08 bits per heavy atom. The van der Waals surface area contributed by atoms with Crippen molar-refractivity contribution >= 4 is 17.7 Å². The summed E-state index contributed by atoms with van der Waals surface area (Å²) in [7, 11) is 0. The molecule has 7 heteroatoms. The van der Waals surface area contributed by atoms with E-state index in [0.717, 1.165) is 5.56 Å². The molecule has 1 amide bonds. The maximum Gasteiger partial charge on any atom is 0.254 e. The maximum atomic E-state index is 12.0. The van der Waals surface area contributed by atoms with Gasteiger partial charge < -0.3 is 10.3 Å². The molecule has 0 atom stereocenters. The van der Waals surface area contributed by atoms with E-state index in [1.165, 1.54) is 11.8 Å². The van der Waals surface area contributed by atoms with Gasteiger partial charge in [-0.15, -0.1) is 0 Å². The number of hydrogen-bond acceptors (Lipinski definition) is 5. The van der Waals surface area contributed by atoms with Crippen molar-refractivity contribution < 1.29 is 4.79 Å². The van der Waals surface area contributed by atoms with E-state index in [9.17, 15) is 9.59 Å². The van der Waals surface area contributed by atoms with Crippen LogP contribution in [0, 0.1) is 18.3 Å². The van der Waals surface area contributed by atoms with Gasteiger partial charge in [0.1, 0.15) is 0 Å². The highest BCUT2D eigenvalue weighted by molar-refractivity contribution is 7.98. The Kier molecular flexibility index (Phi) is 6.15. The Morgan fingerprint density at radius 1 is 1.38 bits per heavy atom. The quantitative estimate of drug-likeness (QED) is 0.617. The topological polar surface area (TPSA) is 98.6 Å². The van der Waals surface area contributed by atoms with E-state index in [-0.39, 0.29) is 17.9 Å². The summed E-state index contributed by atoms with van der Waals surface area (Å²) in [4.78, 5) is 31.0. The molecule has 0 saturated heterocycles. The van der Waals surface area contributed by atoms with E-state index in [4.69, 9.17) is 5.26 Å². The van der Waals surface area contributed by atoms with E-state index in [0.29, 0.717) is 34.9 Å². The highest BCUT2D eigenvalue weighted by Crippen LogP contribution is 2.09. The molecule has 2 aromatic rings. The van der Waals surface area contributed by atoms with Crippen LogP contribution in [0.25, 0.3) is 0 Å². The molecular formula is C17H18N4O2S. The molecule has 0 fully saturated rings. The number of aromatic nitrogens is 2. The first-order chi connectivity index (χ1) is 11.5. The second-order valence-corrected chi connectivity index (χ2v) is 6.02. The van der Waals surface area contributed by atoms with Gasteiger partial charge in [0.25, 0.3) is 5.56 Å². The Balaban J connectivity index is 1.89. The van der Waals surface area contributed by atoms with Crippen LogP contribution in [-0.2, 0) is 17.8 Å². The third kappa shape index (κ3) is 4.70. The molecule has 2 rings (SSSR count). The van der Waals surface area contributed by atoms with Gasteiger partial charge in [0.2, 0.25) is 5.91 Å². The van der Waals surface area contributed by atoms with Gasteiger partial charge in [0.05, 0.1) is 11.6 Å². The van der Waals surface area contributed by atoms with Crippen molar-refractivity contribution in [2.45, 2.75) is 31.5 Å². The lowest BCUT2D eigenvalue weighted by atomic mass is 10.1. The molecule has 124 valence electrons. The van der Waals surface area contributed by atoms with Crippen molar-refractivity contribution in [2.24, 2.45) is 0 Å². The maximum absolute atomic E-state index is 12.0. The third-order valence-corrected chi connectivity index (χ3v) is 4.15. The number of aryl methyl sites for hydroxylation is 1. The summed E-state index contributed by atoms with van der Waals surface area (Å²) in [5.41, 5.74) is 2.51. The Morgan fingerprint density at radius 3 is 2.67 bits per heavy atom. The van der Waals surface area contributed by atoms with Crippen molar-refractivity contribution in [3.63, 3.8) is 0 Å². The van der Waals surface area contributed by atoms with Gasteiger partial charge in [-0.3, -0.25) is 9.59 Å². The molecule has 0 saturated carbocycles. The molecule has 0 unspecified atom stereocenters. The van der Waals surface area contributed by atoms with E-state index in [1.807, 2.05) is 12.3 Å². The number of thioether (sulfide) groups is 1. The monoisotopic (exact) mass is 342 g/mol. The largest absolute Gasteiger partial charge is 0.352 e. The normalized spacial score (nSPS) is 10.2. The molecular weight excluding hydrogens is 324 g/mol. The fourth-order valence-electron chi connectivity index (χ4n) is 2.20. The van der Waals surface area contributed by atoms with Gasteiger partial charge in [-0.2, -0.15) is 5.26 Å². The summed E-state index contributed by atoms with van der Waals surface area (Å²) in [6.07, 6.45) is 2.41. The van der Waals surface area contributed by atoms with Gasteiger partial charge in [-0.1, -0.05) is 23.9 Å². The van der Waals surface area contributed by atoms with Crippen LogP contribution in [0.15, 0.2) is 34.2 Å². The molecule has 0 radical (unpaired) electrons. The molecule has 1 heterocycles. The van der Waals surface area contributed by atoms with Crippen LogP contribution >= 0.6 is 11.8 Å². The Bertz CT molecular complexity index is 822. The van der Waals surface area contributed by atoms with Crippen LogP contribution < -0.4 is 10.9 Å². The Labute approximate surface area is 144 Å². The first kappa shape index (κ1) is 17.8. The van der Waals surface area contributed by atoms with Crippen LogP contribution in [0.4, 0.5) is 0 Å². The van der Waals surface area contributed by atoms with E-state index in [2.05, 4.69) is 15.3 Å². The molecule has 0 aliphatic carbocycles. The number of H-pyrrole nitrogens is 1. The highest BCUT2D eigenvalue weighted by atomic mass is 32.2. The number of nitriles is 1. The van der Waals surface area contributed by atoms with Crippen LogP contribution in [0.5, 0.6) is 0 Å². The third-order valence-electron chi connectivity index (χ3n) is 3.57. The Hall–Kier alpha value is -2.59. The summed E-state index contributed by atoms with van der Waals surface area (Å²) >= 11 is 1.37. The fourth-order valence-corrected chi connectivity index (χ4v) is 2.62. The summed E-state index contributed by atoms with van der Waals surface area (Å²) < 4.78 is 0. The zero-order chi connectivity index (χ0) is 17.5. The number of carbonyl (C=O) groups is 1. The minimum Gasteiger partial charge on any atom is -0.352 e. The fraction of sp³-hybridized carbons (Fsp3) is 0.294. The van der Waals surface area contributed by atoms with Gasteiger partial charge in [0, 0.05) is 24.2 Å². The van der Waals surface area contributed by atoms with Crippen LogP contribution in [0.1, 0.15) is 28.8 Å². The van der Waals surface area contributed by atoms with Gasteiger partial charge in [0.15, 0.2) is 5.16 Å². The zero-order valence-electron chi connectivity index (χ0n) is 13.5. The van der Waals surface area contributed by atoms with Crippen LogP contribution in [0.3, 0.4) is 0 Å². The molecule has 24 heavy (non-hydrogen) atoms. The molecule has 0 bridgehead atoms. The number of aromatic amines is 1. The molecule has 0 spiro atoms. The molecule has 1 aromatic carbocycles. The first-order valence-corrected chi connectivity index (χ1v) is 8.65. The van der Waals surface area contributed by atoms with Crippen molar-refractivity contribution in [1.82, 2.24) is 15.3 Å². The number of carbonyl (C=O) groups excluding carboxylic acids is 1. The average Bonchev–Trinajstić information content (AvgIpc) is 2.59. The minimum atomic E-state index is -0.188. The minimum absolute atomic E-state index is 0.132. The zero-order valence-corrected chi connectivity index (χ0v) is 14.4. The average molecular weight is 342 g/mol. The SMILES string of the molecule is CSc1nc(C)c(CCC(=O)NCc2ccc(C#N)cc2)c(=O)[nH]1. The number of nitrogens with zero attached hydrogens (tertiary/aromatic N) is 2. The number of hydrogen-bond donors (Lipinski definition) is 2. The summed E-state index contributed by atoms with van der Waals surface area (Å²) in [6, 6.07) is 9.08. The predicted octanol–water partition coefficient (Wildman–Crippen LogP) is 1.92. The molecule has 1 aromatic heterocycles. The van der Waals surface area contributed by atoms with Crippen LogP contribution in [0.2, 0.25) is 0 Å². The predicted molar refractivity (Wildman–Crippen MR) is 92.7 cm³/mol. The van der Waals surface area contributed by atoms with Gasteiger partial charge >= 0.3 is 0 Å². The van der Waals surface area contributed by atoms with E-state index >= 15 is 0 Å². The van der Waals surface area contributed by atoms with E-state index in [1.54, 1.807) is 31.2 Å². The van der Waals surface area contributed by atoms with E-state index < -0.39 is 0 Å². The van der Waals surface area contributed by atoms with Crippen molar-refractivity contribution in [3.05, 3.63) is 57.0 Å². The molecule has 2 N–H and O–H groups in total. The lowest BCUT2D eigenvalue weighted by Gasteiger charge is -2.07. The lowest BCUT2D eigenvalue weighted by Crippen LogP contribution is -2.25. The number of rotatable bonds is 6. The summed E-state index contributed by atoms with van der Waals surface area (Å²) in [5, 5.41) is 12.1. The summed E-state index contributed by atoms with van der Waals surface area (Å²) in [6.45, 7) is 2.17. The lowest BCUT2D eigenvalue weighted by molar-refractivity contribution is -0.121. The standard InChI is InChI=1S/C17H18N4O2S/c1-11-14(16(23)21-17(20-11)24-2)7-8-15(22)19-10-13-5-3-12(9-18)4-6-13/h3-6H,7-8,10H2,1-2H3,(H,19,22)(H,20,21,23). The number of amides is 1. The van der Waals surface area contributed by atoms with Crippen molar-refractivity contribution in [3.8, 4) is 6.07 Å². The highest BCUT2D eigenvalue weighted by Gasteiger charge is 2.10. The number of benzene rings is 1.